The molecule has 1 aliphatic rings. The van der Waals surface area contributed by atoms with Gasteiger partial charge in [0.25, 0.3) is 5.91 Å². The normalized spacial score (nSPS) is 15.7. The van der Waals surface area contributed by atoms with Gasteiger partial charge in [-0.15, -0.1) is 0 Å². The lowest BCUT2D eigenvalue weighted by atomic mass is 10.0. The minimum absolute atomic E-state index is 0.0579. The number of hydrogen-bond acceptors (Lipinski definition) is 4. The maximum Gasteiger partial charge on any atom is 0.326 e. The standard InChI is InChI=1S/C16H18FNO5/c1-9(2)6-11(16(21)22)18-8-10(7-14(18)20)23-13-5-3-4-12(19)15(13)17/h3-5,7,9,11,19H,6,8H2,1-2H3,(H,21,22). The van der Waals surface area contributed by atoms with Crippen molar-refractivity contribution in [3.63, 3.8) is 0 Å². The number of amides is 1. The van der Waals surface area contributed by atoms with Crippen molar-refractivity contribution in [1.82, 2.24) is 4.90 Å². The van der Waals surface area contributed by atoms with Crippen molar-refractivity contribution in [2.75, 3.05) is 6.54 Å². The summed E-state index contributed by atoms with van der Waals surface area (Å²) in [6, 6.07) is 2.92. The number of phenols is 1. The molecule has 1 aromatic rings. The fraction of sp³-hybridized carbons (Fsp3) is 0.375. The Morgan fingerprint density at radius 1 is 1.43 bits per heavy atom. The van der Waals surface area contributed by atoms with Gasteiger partial charge >= 0.3 is 5.97 Å². The van der Waals surface area contributed by atoms with Crippen molar-refractivity contribution in [2.24, 2.45) is 5.92 Å². The van der Waals surface area contributed by atoms with Gasteiger partial charge in [-0.05, 0) is 24.5 Å². The maximum atomic E-state index is 13.7. The lowest BCUT2D eigenvalue weighted by Gasteiger charge is -2.25. The molecule has 1 atom stereocenters. The molecule has 2 N–H and O–H groups in total. The van der Waals surface area contributed by atoms with Gasteiger partial charge in [-0.1, -0.05) is 19.9 Å². The van der Waals surface area contributed by atoms with E-state index in [0.29, 0.717) is 6.42 Å². The Morgan fingerprint density at radius 3 is 2.74 bits per heavy atom. The van der Waals surface area contributed by atoms with Crippen molar-refractivity contribution in [1.29, 1.82) is 0 Å². The number of carbonyl (C=O) groups is 2. The van der Waals surface area contributed by atoms with Crippen LogP contribution in [0.1, 0.15) is 20.3 Å². The summed E-state index contributed by atoms with van der Waals surface area (Å²) in [7, 11) is 0. The van der Waals surface area contributed by atoms with Gasteiger partial charge in [-0.2, -0.15) is 4.39 Å². The Bertz CT molecular complexity index is 656. The smallest absolute Gasteiger partial charge is 0.326 e. The molecule has 0 bridgehead atoms. The Balaban J connectivity index is 2.13. The molecule has 6 nitrogen and oxygen atoms in total. The SMILES string of the molecule is CC(C)CC(C(=O)O)N1CC(Oc2cccc(O)c2F)=CC1=O. The second kappa shape index (κ2) is 6.68. The Kier molecular flexibility index (Phi) is 4.88. The number of hydrogen-bond donors (Lipinski definition) is 2. The first-order valence-corrected chi connectivity index (χ1v) is 7.19. The molecule has 1 unspecified atom stereocenters. The Labute approximate surface area is 132 Å². The summed E-state index contributed by atoms with van der Waals surface area (Å²) in [5.74, 6) is -3.07. The second-order valence-electron chi connectivity index (χ2n) is 5.75. The number of carboxylic acid groups (broad SMARTS) is 1. The van der Waals surface area contributed by atoms with E-state index in [0.717, 1.165) is 6.08 Å². The number of carbonyl (C=O) groups excluding carboxylic acids is 1. The highest BCUT2D eigenvalue weighted by atomic mass is 19.1. The van der Waals surface area contributed by atoms with Crippen LogP contribution in [0, 0.1) is 11.7 Å². The number of ether oxygens (including phenoxy) is 1. The van der Waals surface area contributed by atoms with Gasteiger partial charge in [0.15, 0.2) is 11.5 Å². The van der Waals surface area contributed by atoms with E-state index in [-0.39, 0.29) is 24.0 Å². The van der Waals surface area contributed by atoms with Crippen LogP contribution in [0.15, 0.2) is 30.0 Å². The van der Waals surface area contributed by atoms with Gasteiger partial charge < -0.3 is 19.8 Å². The Hall–Kier alpha value is -2.57. The van der Waals surface area contributed by atoms with Gasteiger partial charge in [0.2, 0.25) is 5.82 Å². The summed E-state index contributed by atoms with van der Waals surface area (Å²) in [4.78, 5) is 24.6. The molecule has 2 rings (SSSR count). The van der Waals surface area contributed by atoms with Gasteiger partial charge in [0.1, 0.15) is 11.8 Å². The minimum atomic E-state index is -1.09. The minimum Gasteiger partial charge on any atom is -0.505 e. The van der Waals surface area contributed by atoms with E-state index in [2.05, 4.69) is 0 Å². The van der Waals surface area contributed by atoms with Crippen LogP contribution in [0.3, 0.4) is 0 Å². The molecule has 124 valence electrons. The third-order valence-electron chi connectivity index (χ3n) is 3.43. The second-order valence-corrected chi connectivity index (χ2v) is 5.75. The molecule has 0 saturated heterocycles. The van der Waals surface area contributed by atoms with E-state index >= 15 is 0 Å². The fourth-order valence-electron chi connectivity index (χ4n) is 2.36. The number of phenolic OH excluding ortho intramolecular Hbond substituents is 1. The highest BCUT2D eigenvalue weighted by Crippen LogP contribution is 2.28. The third-order valence-corrected chi connectivity index (χ3v) is 3.43. The van der Waals surface area contributed by atoms with Crippen LogP contribution in [0.2, 0.25) is 0 Å². The van der Waals surface area contributed by atoms with Gasteiger partial charge in [0.05, 0.1) is 6.54 Å². The molecule has 0 aromatic heterocycles. The number of aliphatic carboxylic acids is 1. The molecule has 1 heterocycles. The van der Waals surface area contributed by atoms with Crippen molar-refractivity contribution in [3.8, 4) is 11.5 Å². The summed E-state index contributed by atoms with van der Waals surface area (Å²) in [5, 5.41) is 18.6. The zero-order valence-electron chi connectivity index (χ0n) is 12.8. The predicted molar refractivity (Wildman–Crippen MR) is 79.4 cm³/mol. The van der Waals surface area contributed by atoms with Crippen LogP contribution < -0.4 is 4.74 Å². The zero-order chi connectivity index (χ0) is 17.1. The van der Waals surface area contributed by atoms with Crippen LogP contribution in [0.4, 0.5) is 4.39 Å². The first-order chi connectivity index (χ1) is 10.8. The molecule has 0 spiro atoms. The highest BCUT2D eigenvalue weighted by Gasteiger charge is 2.34. The van der Waals surface area contributed by atoms with E-state index < -0.39 is 29.5 Å². The monoisotopic (exact) mass is 323 g/mol. The molecule has 23 heavy (non-hydrogen) atoms. The first-order valence-electron chi connectivity index (χ1n) is 7.19. The first kappa shape index (κ1) is 16.8. The van der Waals surface area contributed by atoms with Gasteiger partial charge in [-0.25, -0.2) is 4.79 Å². The number of halogens is 1. The predicted octanol–water partition coefficient (Wildman–Crippen LogP) is 2.14. The lowest BCUT2D eigenvalue weighted by Crippen LogP contribution is -2.43. The zero-order valence-corrected chi connectivity index (χ0v) is 12.8. The summed E-state index contributed by atoms with van der Waals surface area (Å²) < 4.78 is 19.0. The summed E-state index contributed by atoms with van der Waals surface area (Å²) >= 11 is 0. The molecule has 0 fully saturated rings. The molecule has 1 aromatic carbocycles. The van der Waals surface area contributed by atoms with E-state index in [1.54, 1.807) is 0 Å². The summed E-state index contributed by atoms with van der Waals surface area (Å²) in [6.45, 7) is 3.67. The summed E-state index contributed by atoms with van der Waals surface area (Å²) in [6.07, 6.45) is 1.45. The number of benzene rings is 1. The van der Waals surface area contributed by atoms with Crippen LogP contribution in [0.25, 0.3) is 0 Å². The average Bonchev–Trinajstić information content (AvgIpc) is 2.81. The molecule has 1 amide bonds. The van der Waals surface area contributed by atoms with Gasteiger partial charge in [-0.3, -0.25) is 4.79 Å². The Morgan fingerprint density at radius 2 is 2.13 bits per heavy atom. The molecule has 0 radical (unpaired) electrons. The molecule has 1 aliphatic heterocycles. The lowest BCUT2D eigenvalue weighted by molar-refractivity contribution is -0.148. The van der Waals surface area contributed by atoms with E-state index in [9.17, 15) is 24.2 Å². The summed E-state index contributed by atoms with van der Waals surface area (Å²) in [5.41, 5.74) is 0. The van der Waals surface area contributed by atoms with Crippen molar-refractivity contribution >= 4 is 11.9 Å². The maximum absolute atomic E-state index is 13.7. The van der Waals surface area contributed by atoms with Crippen LogP contribution in [0.5, 0.6) is 11.5 Å². The van der Waals surface area contributed by atoms with Crippen molar-refractivity contribution in [3.05, 3.63) is 35.9 Å². The van der Waals surface area contributed by atoms with E-state index in [1.165, 1.54) is 23.1 Å². The van der Waals surface area contributed by atoms with Crippen molar-refractivity contribution < 1.29 is 28.9 Å². The molecule has 7 heteroatoms. The average molecular weight is 323 g/mol. The molecule has 0 aliphatic carbocycles. The van der Waals surface area contributed by atoms with Gasteiger partial charge in [0, 0.05) is 6.08 Å². The largest absolute Gasteiger partial charge is 0.505 e. The van der Waals surface area contributed by atoms with Crippen LogP contribution >= 0.6 is 0 Å². The van der Waals surface area contributed by atoms with Crippen LogP contribution in [-0.4, -0.2) is 39.6 Å². The number of carboxylic acids is 1. The quantitative estimate of drug-likeness (QED) is 0.837. The third kappa shape index (κ3) is 3.80. The number of aromatic hydroxyl groups is 1. The highest BCUT2D eigenvalue weighted by molar-refractivity contribution is 5.94. The fourth-order valence-corrected chi connectivity index (χ4v) is 2.36. The topological polar surface area (TPSA) is 87.1 Å². The molecular weight excluding hydrogens is 305 g/mol. The molecule has 0 saturated carbocycles. The number of rotatable bonds is 6. The number of nitrogens with zero attached hydrogens (tertiary/aromatic N) is 1. The van der Waals surface area contributed by atoms with E-state index in [1.807, 2.05) is 13.8 Å². The van der Waals surface area contributed by atoms with Crippen molar-refractivity contribution in [2.45, 2.75) is 26.3 Å². The van der Waals surface area contributed by atoms with Crippen LogP contribution in [-0.2, 0) is 9.59 Å². The molecular formula is C16H18FNO5. The van der Waals surface area contributed by atoms with E-state index in [4.69, 9.17) is 4.74 Å².